The molecule has 0 unspecified atom stereocenters. The zero-order valence-corrected chi connectivity index (χ0v) is 15.0. The number of benzene rings is 2. The van der Waals surface area contributed by atoms with Crippen LogP contribution in [0.1, 0.15) is 32.7 Å². The van der Waals surface area contributed by atoms with E-state index in [-0.39, 0.29) is 5.69 Å². The van der Waals surface area contributed by atoms with Gasteiger partial charge in [-0.2, -0.15) is 5.10 Å². The standard InChI is InChI=1S/C17H17Cl2N3O2/c1-10-8-11(2)16(17(18)19)12(3)15(10)9-20-21-13-4-6-14(7-5-13)22(23)24/h4-9,17,21H,1-3H3/b20-9-. The minimum Gasteiger partial charge on any atom is -0.278 e. The molecule has 0 fully saturated rings. The summed E-state index contributed by atoms with van der Waals surface area (Å²) >= 11 is 12.1. The maximum atomic E-state index is 10.6. The van der Waals surface area contributed by atoms with Crippen molar-refractivity contribution in [1.29, 1.82) is 0 Å². The fourth-order valence-corrected chi connectivity index (χ4v) is 3.25. The van der Waals surface area contributed by atoms with Crippen LogP contribution in [-0.2, 0) is 0 Å². The van der Waals surface area contributed by atoms with Gasteiger partial charge in [-0.05, 0) is 55.2 Å². The van der Waals surface area contributed by atoms with Gasteiger partial charge in [0.15, 0.2) is 0 Å². The first-order valence-corrected chi connectivity index (χ1v) is 8.11. The third kappa shape index (κ3) is 4.04. The first-order valence-electron chi connectivity index (χ1n) is 7.23. The normalized spacial score (nSPS) is 11.2. The number of non-ortho nitro benzene ring substituents is 1. The predicted molar refractivity (Wildman–Crippen MR) is 99.4 cm³/mol. The van der Waals surface area contributed by atoms with Gasteiger partial charge in [0, 0.05) is 17.7 Å². The molecule has 0 saturated carbocycles. The number of nitrogens with zero attached hydrogens (tertiary/aromatic N) is 2. The van der Waals surface area contributed by atoms with E-state index in [2.05, 4.69) is 10.5 Å². The Morgan fingerprint density at radius 2 is 1.79 bits per heavy atom. The monoisotopic (exact) mass is 365 g/mol. The van der Waals surface area contributed by atoms with Crippen molar-refractivity contribution in [2.75, 3.05) is 5.43 Å². The van der Waals surface area contributed by atoms with Crippen LogP contribution in [0.15, 0.2) is 35.4 Å². The maximum Gasteiger partial charge on any atom is 0.269 e. The number of alkyl halides is 2. The highest BCUT2D eigenvalue weighted by Crippen LogP contribution is 2.33. The van der Waals surface area contributed by atoms with Gasteiger partial charge in [-0.3, -0.25) is 15.5 Å². The second kappa shape index (κ2) is 7.64. The van der Waals surface area contributed by atoms with Gasteiger partial charge in [0.1, 0.15) is 4.84 Å². The van der Waals surface area contributed by atoms with Crippen molar-refractivity contribution in [2.45, 2.75) is 25.6 Å². The molecular formula is C17H17Cl2N3O2. The Morgan fingerprint density at radius 1 is 1.17 bits per heavy atom. The molecule has 0 atom stereocenters. The molecule has 126 valence electrons. The van der Waals surface area contributed by atoms with Crippen molar-refractivity contribution < 1.29 is 4.92 Å². The summed E-state index contributed by atoms with van der Waals surface area (Å²) in [6.45, 7) is 5.93. The summed E-state index contributed by atoms with van der Waals surface area (Å²) in [6, 6.07) is 8.06. The number of rotatable bonds is 5. The number of nitrogens with one attached hydrogen (secondary N) is 1. The molecule has 0 aromatic heterocycles. The van der Waals surface area contributed by atoms with Crippen LogP contribution >= 0.6 is 23.2 Å². The molecular weight excluding hydrogens is 349 g/mol. The lowest BCUT2D eigenvalue weighted by Crippen LogP contribution is -2.02. The molecule has 0 saturated heterocycles. The molecule has 0 heterocycles. The Hall–Kier alpha value is -2.11. The molecule has 0 aliphatic heterocycles. The van der Waals surface area contributed by atoms with E-state index in [0.717, 1.165) is 27.8 Å². The lowest BCUT2D eigenvalue weighted by Gasteiger charge is -2.15. The van der Waals surface area contributed by atoms with Crippen LogP contribution in [-0.4, -0.2) is 11.1 Å². The summed E-state index contributed by atoms with van der Waals surface area (Å²) in [4.78, 5) is 9.60. The van der Waals surface area contributed by atoms with E-state index < -0.39 is 9.76 Å². The number of hydrogen-bond donors (Lipinski definition) is 1. The summed E-state index contributed by atoms with van der Waals surface area (Å²) in [5.74, 6) is 0. The second-order valence-corrected chi connectivity index (χ2v) is 6.53. The second-order valence-electron chi connectivity index (χ2n) is 5.44. The number of nitro benzene ring substituents is 1. The Labute approximate surface area is 150 Å². The predicted octanol–water partition coefficient (Wildman–Crippen LogP) is 5.44. The Balaban J connectivity index is 2.23. The first kappa shape index (κ1) is 18.2. The third-order valence-corrected chi connectivity index (χ3v) is 4.21. The van der Waals surface area contributed by atoms with E-state index in [4.69, 9.17) is 23.2 Å². The molecule has 2 rings (SSSR count). The summed E-state index contributed by atoms with van der Waals surface area (Å²) in [5.41, 5.74) is 8.48. The first-order chi connectivity index (χ1) is 11.3. The number of anilines is 1. The lowest BCUT2D eigenvalue weighted by molar-refractivity contribution is -0.384. The highest BCUT2D eigenvalue weighted by molar-refractivity contribution is 6.44. The van der Waals surface area contributed by atoms with E-state index in [0.29, 0.717) is 5.69 Å². The van der Waals surface area contributed by atoms with Crippen LogP contribution in [0, 0.1) is 30.9 Å². The largest absolute Gasteiger partial charge is 0.278 e. The molecule has 0 bridgehead atoms. The van der Waals surface area contributed by atoms with E-state index in [1.54, 1.807) is 18.3 Å². The molecule has 1 N–H and O–H groups in total. The Morgan fingerprint density at radius 3 is 2.33 bits per heavy atom. The quantitative estimate of drug-likeness (QED) is 0.331. The molecule has 0 aliphatic carbocycles. The summed E-state index contributed by atoms with van der Waals surface area (Å²) in [6.07, 6.45) is 1.70. The number of hydrogen-bond acceptors (Lipinski definition) is 4. The van der Waals surface area contributed by atoms with E-state index >= 15 is 0 Å². The minimum atomic E-state index is -0.597. The average Bonchev–Trinajstić information content (AvgIpc) is 2.50. The van der Waals surface area contributed by atoms with E-state index in [1.807, 2.05) is 26.8 Å². The Kier molecular flexibility index (Phi) is 5.80. The number of aryl methyl sites for hydroxylation is 2. The SMILES string of the molecule is Cc1cc(C)c(C(Cl)Cl)c(C)c1/C=N\Nc1ccc([N+](=O)[O-])cc1. The van der Waals surface area contributed by atoms with Gasteiger partial charge in [-0.15, -0.1) is 23.2 Å². The molecule has 7 heteroatoms. The van der Waals surface area contributed by atoms with Gasteiger partial charge in [0.05, 0.1) is 16.8 Å². The van der Waals surface area contributed by atoms with Crippen LogP contribution in [0.25, 0.3) is 0 Å². The van der Waals surface area contributed by atoms with Crippen LogP contribution in [0.4, 0.5) is 11.4 Å². The number of nitro groups is 1. The summed E-state index contributed by atoms with van der Waals surface area (Å²) < 4.78 is 0. The summed E-state index contributed by atoms with van der Waals surface area (Å²) in [7, 11) is 0. The fraction of sp³-hybridized carbons (Fsp3) is 0.235. The molecule has 5 nitrogen and oxygen atoms in total. The van der Waals surface area contributed by atoms with Crippen molar-refractivity contribution in [3.05, 3.63) is 68.3 Å². The molecule has 0 aliphatic rings. The van der Waals surface area contributed by atoms with Crippen LogP contribution < -0.4 is 5.43 Å². The zero-order valence-electron chi connectivity index (χ0n) is 13.5. The smallest absolute Gasteiger partial charge is 0.269 e. The molecule has 2 aromatic rings. The molecule has 0 amide bonds. The Bertz CT molecular complexity index is 787. The van der Waals surface area contributed by atoms with Crippen molar-refractivity contribution >= 4 is 40.8 Å². The summed E-state index contributed by atoms with van der Waals surface area (Å²) in [5, 5.41) is 14.8. The van der Waals surface area contributed by atoms with Crippen molar-refractivity contribution in [3.63, 3.8) is 0 Å². The van der Waals surface area contributed by atoms with Crippen LogP contribution in [0.5, 0.6) is 0 Å². The van der Waals surface area contributed by atoms with Gasteiger partial charge in [-0.1, -0.05) is 6.07 Å². The number of hydrazone groups is 1. The van der Waals surface area contributed by atoms with Crippen molar-refractivity contribution in [1.82, 2.24) is 0 Å². The lowest BCUT2D eigenvalue weighted by atomic mass is 9.95. The molecule has 0 radical (unpaired) electrons. The average molecular weight is 366 g/mol. The van der Waals surface area contributed by atoms with Gasteiger partial charge >= 0.3 is 0 Å². The fourth-order valence-electron chi connectivity index (χ4n) is 2.58. The van der Waals surface area contributed by atoms with Gasteiger partial charge in [-0.25, -0.2) is 0 Å². The van der Waals surface area contributed by atoms with Crippen molar-refractivity contribution in [2.24, 2.45) is 5.10 Å². The topological polar surface area (TPSA) is 67.5 Å². The minimum absolute atomic E-state index is 0.0367. The maximum absolute atomic E-state index is 10.6. The highest BCUT2D eigenvalue weighted by atomic mass is 35.5. The van der Waals surface area contributed by atoms with Crippen molar-refractivity contribution in [3.8, 4) is 0 Å². The van der Waals surface area contributed by atoms with Gasteiger partial charge in [0.25, 0.3) is 5.69 Å². The van der Waals surface area contributed by atoms with Gasteiger partial charge < -0.3 is 0 Å². The molecule has 0 spiro atoms. The van der Waals surface area contributed by atoms with Crippen LogP contribution in [0.2, 0.25) is 0 Å². The molecule has 24 heavy (non-hydrogen) atoms. The molecule has 2 aromatic carbocycles. The third-order valence-electron chi connectivity index (χ3n) is 3.77. The number of halogens is 2. The van der Waals surface area contributed by atoms with Gasteiger partial charge in [0.2, 0.25) is 0 Å². The van der Waals surface area contributed by atoms with E-state index in [9.17, 15) is 10.1 Å². The highest BCUT2D eigenvalue weighted by Gasteiger charge is 2.15. The van der Waals surface area contributed by atoms with E-state index in [1.165, 1.54) is 12.1 Å². The zero-order chi connectivity index (χ0) is 17.9. The van der Waals surface area contributed by atoms with Crippen LogP contribution in [0.3, 0.4) is 0 Å².